The lowest BCUT2D eigenvalue weighted by Gasteiger charge is -2.10. The van der Waals surface area contributed by atoms with E-state index in [0.717, 1.165) is 11.4 Å². The SMILES string of the molecule is CC(C)Cc1nnc(NC(C)CS(C)(=O)=O)s1. The van der Waals surface area contributed by atoms with Crippen LogP contribution in [0, 0.1) is 5.92 Å². The minimum atomic E-state index is -2.96. The molecule has 0 radical (unpaired) electrons. The fraction of sp³-hybridized carbons (Fsp3) is 0.800. The van der Waals surface area contributed by atoms with E-state index in [0.29, 0.717) is 11.0 Å². The molecule has 1 atom stereocenters. The van der Waals surface area contributed by atoms with Crippen LogP contribution in [-0.4, -0.2) is 36.7 Å². The normalized spacial score (nSPS) is 13.9. The maximum atomic E-state index is 11.1. The Morgan fingerprint density at radius 2 is 1.94 bits per heavy atom. The van der Waals surface area contributed by atoms with Crippen LogP contribution < -0.4 is 5.32 Å². The van der Waals surface area contributed by atoms with Crippen molar-refractivity contribution in [2.45, 2.75) is 33.2 Å². The van der Waals surface area contributed by atoms with Crippen LogP contribution in [0.1, 0.15) is 25.8 Å². The summed E-state index contributed by atoms with van der Waals surface area (Å²) in [6.45, 7) is 6.08. The first-order chi connectivity index (χ1) is 7.76. The summed E-state index contributed by atoms with van der Waals surface area (Å²) >= 11 is 1.49. The Kier molecular flexibility index (Phi) is 4.88. The summed E-state index contributed by atoms with van der Waals surface area (Å²) in [6, 6.07) is -0.148. The van der Waals surface area contributed by atoms with Gasteiger partial charge in [0.05, 0.1) is 5.75 Å². The standard InChI is InChI=1S/C10H19N3O2S2/c1-7(2)5-9-12-13-10(16-9)11-8(3)6-17(4,14)15/h7-8H,5-6H2,1-4H3,(H,11,13). The summed E-state index contributed by atoms with van der Waals surface area (Å²) in [5.41, 5.74) is 0. The van der Waals surface area contributed by atoms with Gasteiger partial charge in [0.2, 0.25) is 5.13 Å². The van der Waals surface area contributed by atoms with E-state index in [2.05, 4.69) is 29.4 Å². The predicted molar refractivity (Wildman–Crippen MR) is 71.2 cm³/mol. The highest BCUT2D eigenvalue weighted by Crippen LogP contribution is 2.19. The minimum Gasteiger partial charge on any atom is -0.357 e. The van der Waals surface area contributed by atoms with Gasteiger partial charge in [0.15, 0.2) is 0 Å². The molecule has 0 saturated heterocycles. The number of aromatic nitrogens is 2. The second-order valence-electron chi connectivity index (χ2n) is 4.74. The Hall–Kier alpha value is -0.690. The van der Waals surface area contributed by atoms with Crippen LogP contribution in [0.2, 0.25) is 0 Å². The summed E-state index contributed by atoms with van der Waals surface area (Å²) in [4.78, 5) is 0. The van der Waals surface area contributed by atoms with Gasteiger partial charge in [-0.3, -0.25) is 0 Å². The Bertz CT molecular complexity index is 454. The van der Waals surface area contributed by atoms with E-state index >= 15 is 0 Å². The Morgan fingerprint density at radius 1 is 1.29 bits per heavy atom. The molecule has 17 heavy (non-hydrogen) atoms. The second kappa shape index (κ2) is 5.77. The highest BCUT2D eigenvalue weighted by Gasteiger charge is 2.13. The number of nitrogens with zero attached hydrogens (tertiary/aromatic N) is 2. The van der Waals surface area contributed by atoms with E-state index in [4.69, 9.17) is 0 Å². The lowest BCUT2D eigenvalue weighted by molar-refractivity contribution is 0.598. The molecule has 1 aromatic rings. The maximum absolute atomic E-state index is 11.1. The van der Waals surface area contributed by atoms with Crippen molar-refractivity contribution in [3.63, 3.8) is 0 Å². The van der Waals surface area contributed by atoms with Gasteiger partial charge in [-0.05, 0) is 12.8 Å². The Morgan fingerprint density at radius 3 is 2.47 bits per heavy atom. The third-order valence-corrected chi connectivity index (χ3v) is 3.95. The van der Waals surface area contributed by atoms with Crippen LogP contribution in [0.15, 0.2) is 0 Å². The van der Waals surface area contributed by atoms with Gasteiger partial charge in [-0.1, -0.05) is 25.2 Å². The lowest BCUT2D eigenvalue weighted by Crippen LogP contribution is -2.24. The van der Waals surface area contributed by atoms with E-state index in [1.165, 1.54) is 17.6 Å². The molecule has 0 aliphatic carbocycles. The van der Waals surface area contributed by atoms with Gasteiger partial charge >= 0.3 is 0 Å². The molecule has 1 rings (SSSR count). The minimum absolute atomic E-state index is 0.103. The Labute approximate surface area is 107 Å². The quantitative estimate of drug-likeness (QED) is 0.854. The van der Waals surface area contributed by atoms with Crippen molar-refractivity contribution in [3.8, 4) is 0 Å². The topological polar surface area (TPSA) is 72.0 Å². The van der Waals surface area contributed by atoms with Gasteiger partial charge in [-0.15, -0.1) is 10.2 Å². The van der Waals surface area contributed by atoms with Gasteiger partial charge in [-0.2, -0.15) is 0 Å². The van der Waals surface area contributed by atoms with Crippen molar-refractivity contribution in [1.29, 1.82) is 0 Å². The van der Waals surface area contributed by atoms with Crippen molar-refractivity contribution in [1.82, 2.24) is 10.2 Å². The molecule has 1 N–H and O–H groups in total. The highest BCUT2D eigenvalue weighted by molar-refractivity contribution is 7.90. The molecule has 1 heterocycles. The fourth-order valence-electron chi connectivity index (χ4n) is 1.45. The number of hydrogen-bond donors (Lipinski definition) is 1. The number of rotatable bonds is 6. The number of sulfone groups is 1. The zero-order chi connectivity index (χ0) is 13.1. The van der Waals surface area contributed by atoms with Crippen LogP contribution in [0.3, 0.4) is 0 Å². The van der Waals surface area contributed by atoms with Crippen LogP contribution in [0.25, 0.3) is 0 Å². The van der Waals surface area contributed by atoms with Crippen molar-refractivity contribution < 1.29 is 8.42 Å². The predicted octanol–water partition coefficient (Wildman–Crippen LogP) is 1.58. The van der Waals surface area contributed by atoms with Gasteiger partial charge in [0.25, 0.3) is 0 Å². The van der Waals surface area contributed by atoms with E-state index in [-0.39, 0.29) is 11.8 Å². The smallest absolute Gasteiger partial charge is 0.205 e. The molecule has 0 bridgehead atoms. The third kappa shape index (κ3) is 5.97. The maximum Gasteiger partial charge on any atom is 0.205 e. The zero-order valence-electron chi connectivity index (χ0n) is 10.6. The Balaban J connectivity index is 2.54. The summed E-state index contributed by atoms with van der Waals surface area (Å²) in [5.74, 6) is 0.649. The van der Waals surface area contributed by atoms with Crippen molar-refractivity contribution in [2.75, 3.05) is 17.3 Å². The summed E-state index contributed by atoms with van der Waals surface area (Å²) < 4.78 is 22.2. The van der Waals surface area contributed by atoms with Crippen molar-refractivity contribution in [3.05, 3.63) is 5.01 Å². The molecule has 1 unspecified atom stereocenters. The van der Waals surface area contributed by atoms with E-state index in [1.54, 1.807) is 0 Å². The summed E-state index contributed by atoms with van der Waals surface area (Å²) in [7, 11) is -2.96. The molecule has 0 spiro atoms. The molecule has 0 saturated carbocycles. The van der Waals surface area contributed by atoms with Crippen LogP contribution in [-0.2, 0) is 16.3 Å². The molecule has 0 fully saturated rings. The number of anilines is 1. The molecular weight excluding hydrogens is 258 g/mol. The van der Waals surface area contributed by atoms with Gasteiger partial charge in [0.1, 0.15) is 14.8 Å². The summed E-state index contributed by atoms with van der Waals surface area (Å²) in [6.07, 6.45) is 2.13. The first kappa shape index (κ1) is 14.4. The molecule has 0 amide bonds. The first-order valence-corrected chi connectivity index (χ1v) is 8.40. The van der Waals surface area contributed by atoms with Gasteiger partial charge in [0, 0.05) is 18.7 Å². The van der Waals surface area contributed by atoms with Crippen LogP contribution >= 0.6 is 11.3 Å². The molecule has 98 valence electrons. The van der Waals surface area contributed by atoms with Gasteiger partial charge < -0.3 is 5.32 Å². The third-order valence-electron chi connectivity index (χ3n) is 1.97. The molecule has 7 heteroatoms. The number of hydrogen-bond acceptors (Lipinski definition) is 6. The van der Waals surface area contributed by atoms with E-state index in [9.17, 15) is 8.42 Å². The average molecular weight is 277 g/mol. The second-order valence-corrected chi connectivity index (χ2v) is 7.98. The molecular formula is C10H19N3O2S2. The fourth-order valence-corrected chi connectivity index (χ4v) is 3.51. The molecule has 1 aromatic heterocycles. The van der Waals surface area contributed by atoms with E-state index < -0.39 is 9.84 Å². The molecule has 0 aromatic carbocycles. The van der Waals surface area contributed by atoms with Crippen LogP contribution in [0.5, 0.6) is 0 Å². The summed E-state index contributed by atoms with van der Waals surface area (Å²) in [5, 5.41) is 12.8. The monoisotopic (exact) mass is 277 g/mol. The molecule has 5 nitrogen and oxygen atoms in total. The zero-order valence-corrected chi connectivity index (χ0v) is 12.2. The van der Waals surface area contributed by atoms with Crippen LogP contribution in [0.4, 0.5) is 5.13 Å². The highest BCUT2D eigenvalue weighted by atomic mass is 32.2. The average Bonchev–Trinajstić information content (AvgIpc) is 2.46. The van der Waals surface area contributed by atoms with Crippen molar-refractivity contribution in [2.24, 2.45) is 5.92 Å². The molecule has 0 aliphatic heterocycles. The van der Waals surface area contributed by atoms with Crippen molar-refractivity contribution >= 4 is 26.3 Å². The van der Waals surface area contributed by atoms with E-state index in [1.807, 2.05) is 6.92 Å². The number of nitrogens with one attached hydrogen (secondary N) is 1. The van der Waals surface area contributed by atoms with Gasteiger partial charge in [-0.25, -0.2) is 8.42 Å². The largest absolute Gasteiger partial charge is 0.357 e. The lowest BCUT2D eigenvalue weighted by atomic mass is 10.1. The first-order valence-electron chi connectivity index (χ1n) is 5.53. The molecule has 0 aliphatic rings.